The number of aromatic nitrogens is 1. The summed E-state index contributed by atoms with van der Waals surface area (Å²) in [6.45, 7) is 7.98. The Labute approximate surface area is 195 Å². The molecule has 33 heavy (non-hydrogen) atoms. The molecule has 5 atom stereocenters. The Bertz CT molecular complexity index is 1190. The Morgan fingerprint density at radius 3 is 2.82 bits per heavy atom. The number of hydrogen-bond donors (Lipinski definition) is 0. The van der Waals surface area contributed by atoms with Crippen molar-refractivity contribution < 1.29 is 14.3 Å². The van der Waals surface area contributed by atoms with Gasteiger partial charge in [0, 0.05) is 23.7 Å². The minimum atomic E-state index is -0.400. The third-order valence-electron chi connectivity index (χ3n) is 7.39. The molecule has 2 bridgehead atoms. The number of methoxy groups -OCH3 is 1. The number of ether oxygens (including phenoxy) is 2. The first kappa shape index (κ1) is 21.7. The van der Waals surface area contributed by atoms with E-state index in [4.69, 9.17) is 9.47 Å². The van der Waals surface area contributed by atoms with Gasteiger partial charge in [0.25, 0.3) is 0 Å². The molecule has 6 rings (SSSR count). The van der Waals surface area contributed by atoms with E-state index in [2.05, 4.69) is 22.5 Å². The van der Waals surface area contributed by atoms with Crippen molar-refractivity contribution in [1.82, 2.24) is 9.88 Å². The molecule has 0 radical (unpaired) electrons. The fourth-order valence-corrected chi connectivity index (χ4v) is 5.54. The van der Waals surface area contributed by atoms with E-state index in [1.165, 1.54) is 0 Å². The standard InChI is InChI=1S/C28H30N2O3/c1-4-19-17-30-14-12-20(19)15-26(30)27(33-28(31)22-8-6-5-7-18(22)2)23-11-13-29-25-10-9-21(32-3)16-24(23)25/h4-11,13,16,19-20,26-27H,1,12,14-15,17H2,2-3H3. The van der Waals surface area contributed by atoms with Gasteiger partial charge in [-0.25, -0.2) is 4.79 Å². The Balaban J connectivity index is 1.58. The number of hydrogen-bond acceptors (Lipinski definition) is 5. The Morgan fingerprint density at radius 2 is 2.09 bits per heavy atom. The van der Waals surface area contributed by atoms with Gasteiger partial charge in [0.1, 0.15) is 11.9 Å². The molecule has 4 heterocycles. The molecule has 1 aromatic heterocycles. The van der Waals surface area contributed by atoms with E-state index in [0.717, 1.165) is 53.7 Å². The highest BCUT2D eigenvalue weighted by molar-refractivity contribution is 5.91. The topological polar surface area (TPSA) is 51.7 Å². The number of fused-ring (bicyclic) bond motifs is 4. The molecule has 0 saturated carbocycles. The summed E-state index contributed by atoms with van der Waals surface area (Å²) in [6, 6.07) is 15.6. The lowest BCUT2D eigenvalue weighted by atomic mass is 9.73. The van der Waals surface area contributed by atoms with E-state index in [1.54, 1.807) is 7.11 Å². The van der Waals surface area contributed by atoms with Crippen molar-refractivity contribution in [3.63, 3.8) is 0 Å². The molecule has 0 N–H and O–H groups in total. The molecule has 5 nitrogen and oxygen atoms in total. The van der Waals surface area contributed by atoms with Crippen LogP contribution in [0.4, 0.5) is 0 Å². The second-order valence-corrected chi connectivity index (χ2v) is 9.17. The summed E-state index contributed by atoms with van der Waals surface area (Å²) in [5.41, 5.74) is 3.37. The van der Waals surface area contributed by atoms with E-state index in [-0.39, 0.29) is 12.0 Å². The molecule has 3 aliphatic rings. The number of carbonyl (C=O) groups is 1. The molecular weight excluding hydrogens is 412 g/mol. The average molecular weight is 443 g/mol. The van der Waals surface area contributed by atoms with Gasteiger partial charge in [-0.05, 0) is 74.0 Å². The highest BCUT2D eigenvalue weighted by Gasteiger charge is 2.44. The summed E-state index contributed by atoms with van der Waals surface area (Å²) >= 11 is 0. The van der Waals surface area contributed by atoms with Crippen LogP contribution < -0.4 is 4.74 Å². The van der Waals surface area contributed by atoms with Crippen LogP contribution in [-0.4, -0.2) is 42.1 Å². The van der Waals surface area contributed by atoms with Gasteiger partial charge in [-0.2, -0.15) is 0 Å². The molecule has 2 aromatic carbocycles. The average Bonchev–Trinajstić information content (AvgIpc) is 2.87. The first-order chi connectivity index (χ1) is 16.1. The predicted octanol–water partition coefficient (Wildman–Crippen LogP) is 5.35. The van der Waals surface area contributed by atoms with Crippen LogP contribution in [0, 0.1) is 18.8 Å². The highest BCUT2D eigenvalue weighted by Crippen LogP contribution is 2.44. The van der Waals surface area contributed by atoms with Gasteiger partial charge >= 0.3 is 5.97 Å². The minimum absolute atomic E-state index is 0.115. The number of benzene rings is 2. The van der Waals surface area contributed by atoms with Gasteiger partial charge < -0.3 is 9.47 Å². The SMILES string of the molecule is C=CC1CN2CCC1CC2C(OC(=O)c1ccccc1C)c1ccnc2ccc(OC)cc12. The van der Waals surface area contributed by atoms with E-state index in [0.29, 0.717) is 17.4 Å². The Morgan fingerprint density at radius 1 is 1.24 bits per heavy atom. The molecule has 3 aliphatic heterocycles. The second kappa shape index (κ2) is 8.99. The maximum absolute atomic E-state index is 13.4. The number of rotatable bonds is 6. The molecule has 0 aliphatic carbocycles. The number of aryl methyl sites for hydroxylation is 1. The molecule has 0 spiro atoms. The third kappa shape index (κ3) is 4.02. The van der Waals surface area contributed by atoms with Crippen molar-refractivity contribution in [2.75, 3.05) is 20.2 Å². The van der Waals surface area contributed by atoms with E-state index in [9.17, 15) is 4.79 Å². The molecule has 3 saturated heterocycles. The monoisotopic (exact) mass is 442 g/mol. The highest BCUT2D eigenvalue weighted by atomic mass is 16.5. The minimum Gasteiger partial charge on any atom is -0.497 e. The lowest BCUT2D eigenvalue weighted by Gasteiger charge is -2.51. The maximum Gasteiger partial charge on any atom is 0.339 e. The van der Waals surface area contributed by atoms with Gasteiger partial charge in [0.15, 0.2) is 0 Å². The van der Waals surface area contributed by atoms with Crippen molar-refractivity contribution in [2.24, 2.45) is 11.8 Å². The largest absolute Gasteiger partial charge is 0.497 e. The summed E-state index contributed by atoms with van der Waals surface area (Å²) < 4.78 is 11.9. The smallest absolute Gasteiger partial charge is 0.339 e. The number of esters is 1. The molecule has 0 amide bonds. The van der Waals surface area contributed by atoms with Crippen molar-refractivity contribution in [3.05, 3.63) is 84.1 Å². The number of pyridine rings is 1. The van der Waals surface area contributed by atoms with Gasteiger partial charge in [-0.1, -0.05) is 24.3 Å². The second-order valence-electron chi connectivity index (χ2n) is 9.17. The van der Waals surface area contributed by atoms with Crippen molar-refractivity contribution >= 4 is 16.9 Å². The fraction of sp³-hybridized carbons (Fsp3) is 0.357. The van der Waals surface area contributed by atoms with Crippen molar-refractivity contribution in [3.8, 4) is 5.75 Å². The zero-order valence-corrected chi connectivity index (χ0v) is 19.2. The zero-order valence-electron chi connectivity index (χ0n) is 19.2. The number of nitrogens with zero attached hydrogens (tertiary/aromatic N) is 2. The third-order valence-corrected chi connectivity index (χ3v) is 7.39. The maximum atomic E-state index is 13.4. The van der Waals surface area contributed by atoms with Crippen molar-refractivity contribution in [1.29, 1.82) is 0 Å². The first-order valence-corrected chi connectivity index (χ1v) is 11.6. The molecular formula is C28H30N2O3. The summed E-state index contributed by atoms with van der Waals surface area (Å²) in [6.07, 6.45) is 5.64. The van der Waals surface area contributed by atoms with Crippen LogP contribution in [-0.2, 0) is 4.74 Å². The van der Waals surface area contributed by atoms with Crippen LogP contribution in [0.1, 0.15) is 40.4 Å². The van der Waals surface area contributed by atoms with E-state index >= 15 is 0 Å². The summed E-state index contributed by atoms with van der Waals surface area (Å²) in [4.78, 5) is 20.4. The molecule has 3 aromatic rings. The first-order valence-electron chi connectivity index (χ1n) is 11.6. The summed E-state index contributed by atoms with van der Waals surface area (Å²) in [7, 11) is 1.66. The van der Waals surface area contributed by atoms with Crippen LogP contribution in [0.3, 0.4) is 0 Å². The van der Waals surface area contributed by atoms with Gasteiger partial charge in [-0.15, -0.1) is 6.58 Å². The number of piperidine rings is 3. The van der Waals surface area contributed by atoms with E-state index < -0.39 is 6.10 Å². The van der Waals surface area contributed by atoms with Crippen LogP contribution >= 0.6 is 0 Å². The Hall–Kier alpha value is -3.18. The van der Waals surface area contributed by atoms with Crippen LogP contribution in [0.5, 0.6) is 5.75 Å². The Kier molecular flexibility index (Phi) is 5.90. The van der Waals surface area contributed by atoms with Crippen LogP contribution in [0.15, 0.2) is 67.4 Å². The molecule has 5 heteroatoms. The molecule has 5 unspecified atom stereocenters. The van der Waals surface area contributed by atoms with Gasteiger partial charge in [-0.3, -0.25) is 9.88 Å². The van der Waals surface area contributed by atoms with Crippen LogP contribution in [0.2, 0.25) is 0 Å². The van der Waals surface area contributed by atoms with Crippen LogP contribution in [0.25, 0.3) is 10.9 Å². The lowest BCUT2D eigenvalue weighted by molar-refractivity contribution is -0.0568. The number of carbonyl (C=O) groups excluding carboxylic acids is 1. The quantitative estimate of drug-likeness (QED) is 0.381. The zero-order chi connectivity index (χ0) is 22.9. The summed E-state index contributed by atoms with van der Waals surface area (Å²) in [5.74, 6) is 1.54. The normalized spacial score (nSPS) is 24.9. The molecule has 170 valence electrons. The molecule has 3 fully saturated rings. The van der Waals surface area contributed by atoms with Gasteiger partial charge in [0.2, 0.25) is 0 Å². The predicted molar refractivity (Wildman–Crippen MR) is 129 cm³/mol. The fourth-order valence-electron chi connectivity index (χ4n) is 5.54. The van der Waals surface area contributed by atoms with E-state index in [1.807, 2.05) is 61.7 Å². The van der Waals surface area contributed by atoms with Crippen molar-refractivity contribution in [2.45, 2.75) is 31.9 Å². The lowest BCUT2D eigenvalue weighted by Crippen LogP contribution is -2.55. The van der Waals surface area contributed by atoms with Gasteiger partial charge in [0.05, 0.1) is 24.2 Å². The summed E-state index contributed by atoms with van der Waals surface area (Å²) in [5, 5.41) is 0.961.